The van der Waals surface area contributed by atoms with Crippen LogP contribution >= 0.6 is 0 Å². The number of benzene rings is 1. The Morgan fingerprint density at radius 1 is 0.921 bits per heavy atom. The fourth-order valence-electron chi connectivity index (χ4n) is 2.88. The van der Waals surface area contributed by atoms with Crippen LogP contribution in [-0.2, 0) is 18.9 Å². The van der Waals surface area contributed by atoms with E-state index in [-0.39, 0.29) is 11.5 Å². The summed E-state index contributed by atoms with van der Waals surface area (Å²) in [6, 6.07) is 9.59. The van der Waals surface area contributed by atoms with Crippen molar-refractivity contribution in [2.45, 2.75) is 12.8 Å². The van der Waals surface area contributed by atoms with Crippen LogP contribution in [0.1, 0.15) is 39.1 Å². The Morgan fingerprint density at radius 3 is 2.21 bits per heavy atom. The Kier molecular flexibility index (Phi) is 15.5. The van der Waals surface area contributed by atoms with Crippen molar-refractivity contribution in [1.29, 1.82) is 0 Å². The Bertz CT molecular complexity index is 1000. The van der Waals surface area contributed by atoms with Crippen molar-refractivity contribution in [3.05, 3.63) is 59.3 Å². The fourth-order valence-corrected chi connectivity index (χ4v) is 2.88. The third kappa shape index (κ3) is 13.5. The van der Waals surface area contributed by atoms with E-state index in [0.29, 0.717) is 70.5 Å². The number of aromatic nitrogens is 1. The molecule has 0 bridgehead atoms. The Labute approximate surface area is 222 Å². The van der Waals surface area contributed by atoms with Crippen molar-refractivity contribution < 1.29 is 33.6 Å². The van der Waals surface area contributed by atoms with Gasteiger partial charge in [-0.3, -0.25) is 15.2 Å². The molecule has 1 aromatic heterocycles. The van der Waals surface area contributed by atoms with E-state index in [0.717, 1.165) is 12.0 Å². The number of anilines is 1. The van der Waals surface area contributed by atoms with Crippen LogP contribution in [0.2, 0.25) is 0 Å². The molecular weight excluding hydrogens is 493 g/mol. The monoisotopic (exact) mass is 527 g/mol. The van der Waals surface area contributed by atoms with Crippen LogP contribution in [0.15, 0.2) is 52.7 Å². The van der Waals surface area contributed by atoms with Gasteiger partial charge in [-0.25, -0.2) is 9.78 Å². The van der Waals surface area contributed by atoms with Gasteiger partial charge in [0, 0.05) is 32.5 Å². The van der Waals surface area contributed by atoms with Crippen LogP contribution in [0.4, 0.5) is 5.82 Å². The number of pyridine rings is 1. The number of carbonyl (C=O) groups excluding carboxylic acids is 1. The number of nitrogens with one attached hydrogen (secondary N) is 2. The summed E-state index contributed by atoms with van der Waals surface area (Å²) in [7, 11) is 1.56. The molecule has 1 aromatic carbocycles. The molecule has 1 amide bonds. The number of ether oxygens (including phenoxy) is 3. The van der Waals surface area contributed by atoms with E-state index in [4.69, 9.17) is 24.0 Å². The quantitative estimate of drug-likeness (QED) is 0.0762. The highest BCUT2D eigenvalue weighted by atomic mass is 16.5. The van der Waals surface area contributed by atoms with Gasteiger partial charge in [0.15, 0.2) is 6.40 Å². The summed E-state index contributed by atoms with van der Waals surface area (Å²) in [6.45, 7) is 4.31. The minimum Gasteiger partial charge on any atom is -0.560 e. The number of hydrogen-bond acceptors (Lipinski definition) is 10. The number of amides is 1. The smallest absolute Gasteiger partial charge is 0.335 e. The predicted octanol–water partition coefficient (Wildman–Crippen LogP) is 1.38. The average Bonchev–Trinajstić information content (AvgIpc) is 2.93. The summed E-state index contributed by atoms with van der Waals surface area (Å²) >= 11 is 0. The van der Waals surface area contributed by atoms with Gasteiger partial charge in [0.2, 0.25) is 0 Å². The highest BCUT2D eigenvalue weighted by Crippen LogP contribution is 2.06. The van der Waals surface area contributed by atoms with Crippen LogP contribution in [0.5, 0.6) is 0 Å². The molecule has 12 nitrogen and oxygen atoms in total. The number of aromatic carboxylic acids is 1. The molecule has 1 heterocycles. The molecule has 2 rings (SSSR count). The molecule has 0 radical (unpaired) electrons. The molecule has 2 aromatic rings. The highest BCUT2D eigenvalue weighted by molar-refractivity contribution is 6.02. The van der Waals surface area contributed by atoms with Gasteiger partial charge in [0.1, 0.15) is 5.82 Å². The lowest BCUT2D eigenvalue weighted by Gasteiger charge is -2.08. The lowest BCUT2D eigenvalue weighted by Crippen LogP contribution is -2.25. The largest absolute Gasteiger partial charge is 0.560 e. The minimum atomic E-state index is -0.982. The number of aliphatic imine (C=N–C) groups is 1. The number of nitrogens with zero attached hydrogens (tertiary/aromatic N) is 3. The van der Waals surface area contributed by atoms with Gasteiger partial charge in [-0.2, -0.15) is 5.10 Å². The average molecular weight is 527 g/mol. The summed E-state index contributed by atoms with van der Waals surface area (Å²) in [5.41, 5.74) is 4.14. The van der Waals surface area contributed by atoms with Crippen LogP contribution in [0.3, 0.4) is 0 Å². The Hall–Kier alpha value is -3.81. The molecule has 204 valence electrons. The van der Waals surface area contributed by atoms with Gasteiger partial charge >= 0.3 is 14.0 Å². The first kappa shape index (κ1) is 30.4. The van der Waals surface area contributed by atoms with E-state index in [2.05, 4.69) is 25.8 Å². The maximum absolute atomic E-state index is 12.3. The molecule has 3 N–H and O–H groups in total. The van der Waals surface area contributed by atoms with Crippen molar-refractivity contribution >= 4 is 38.4 Å². The lowest BCUT2D eigenvalue weighted by atomic mass is 10.1. The van der Waals surface area contributed by atoms with Gasteiger partial charge in [-0.05, 0) is 42.7 Å². The third-order valence-electron chi connectivity index (χ3n) is 4.83. The summed E-state index contributed by atoms with van der Waals surface area (Å²) < 4.78 is 21.1. The molecule has 0 aliphatic rings. The summed E-state index contributed by atoms with van der Waals surface area (Å²) in [5.74, 6) is -0.737. The van der Waals surface area contributed by atoms with Crippen LogP contribution < -0.4 is 10.7 Å². The second-order valence-electron chi connectivity index (χ2n) is 7.78. The van der Waals surface area contributed by atoms with E-state index in [1.54, 1.807) is 38.5 Å². The van der Waals surface area contributed by atoms with Gasteiger partial charge in [-0.1, -0.05) is 12.1 Å². The molecule has 13 heteroatoms. The molecule has 0 atom stereocenters. The first-order chi connectivity index (χ1) is 18.6. The van der Waals surface area contributed by atoms with Crippen LogP contribution in [0.25, 0.3) is 0 Å². The van der Waals surface area contributed by atoms with Crippen LogP contribution in [0, 0.1) is 0 Å². The second kappa shape index (κ2) is 19.3. The van der Waals surface area contributed by atoms with Gasteiger partial charge in [0.25, 0.3) is 5.91 Å². The minimum absolute atomic E-state index is 0.206. The fraction of sp³-hybridized carbons (Fsp3) is 0.400. The first-order valence-corrected chi connectivity index (χ1v) is 12.2. The molecule has 0 spiro atoms. The maximum Gasteiger partial charge on any atom is 0.335 e. The number of carboxylic acid groups (broad SMARTS) is 1. The summed E-state index contributed by atoms with van der Waals surface area (Å²) in [6.07, 6.45) is 5.93. The second-order valence-corrected chi connectivity index (χ2v) is 7.78. The molecule has 0 fully saturated rings. The van der Waals surface area contributed by atoms with E-state index in [1.165, 1.54) is 24.7 Å². The van der Waals surface area contributed by atoms with Crippen molar-refractivity contribution in [3.8, 4) is 0 Å². The van der Waals surface area contributed by atoms with Crippen molar-refractivity contribution in [1.82, 2.24) is 10.3 Å². The first-order valence-electron chi connectivity index (χ1n) is 12.2. The van der Waals surface area contributed by atoms with E-state index in [9.17, 15) is 9.59 Å². The molecule has 0 saturated carbocycles. The molecule has 0 aliphatic heterocycles. The van der Waals surface area contributed by atoms with Crippen molar-refractivity contribution in [2.75, 3.05) is 58.2 Å². The number of carboxylic acids is 1. The highest BCUT2D eigenvalue weighted by Gasteiger charge is 2.05. The SMILES string of the molecule is BOC=NCCCOCCOCCOCCCNC(=O)c1ccc(N/N=C/c2ccc(C(=O)O)cc2)nc1. The summed E-state index contributed by atoms with van der Waals surface area (Å²) in [5, 5.41) is 15.8. The standard InChI is InChI=1S/C25H34BN5O7/c26-38-19-27-9-1-11-35-13-15-37-16-14-36-12-2-10-28-24(32)22-7-8-23(29-18-22)31-30-17-20-3-5-21(6-4-20)25(33)34/h3-8,17-19H,1-2,9-16,26H2,(H,28,32)(H,29,31)(H,33,34)/b27-19?,30-17+. The number of rotatable bonds is 20. The molecule has 0 aliphatic carbocycles. The van der Waals surface area contributed by atoms with Gasteiger partial charge in [-0.15, -0.1) is 0 Å². The van der Waals surface area contributed by atoms with Gasteiger partial charge in [0.05, 0.1) is 43.8 Å². The van der Waals surface area contributed by atoms with Crippen molar-refractivity contribution in [3.63, 3.8) is 0 Å². The zero-order valence-corrected chi connectivity index (χ0v) is 21.5. The number of hydrazone groups is 1. The Morgan fingerprint density at radius 2 is 1.58 bits per heavy atom. The number of hydrogen-bond donors (Lipinski definition) is 3. The maximum atomic E-state index is 12.3. The number of carbonyl (C=O) groups is 2. The lowest BCUT2D eigenvalue weighted by molar-refractivity contribution is 0.0141. The molecular formula is C25H34BN5O7. The molecule has 38 heavy (non-hydrogen) atoms. The van der Waals surface area contributed by atoms with Crippen LogP contribution in [-0.4, -0.2) is 95.4 Å². The van der Waals surface area contributed by atoms with E-state index >= 15 is 0 Å². The van der Waals surface area contributed by atoms with E-state index in [1.807, 2.05) is 0 Å². The zero-order valence-electron chi connectivity index (χ0n) is 21.5. The topological polar surface area (TPSA) is 153 Å². The third-order valence-corrected chi connectivity index (χ3v) is 4.83. The van der Waals surface area contributed by atoms with E-state index < -0.39 is 5.97 Å². The van der Waals surface area contributed by atoms with Crippen molar-refractivity contribution in [2.24, 2.45) is 10.1 Å². The summed E-state index contributed by atoms with van der Waals surface area (Å²) in [4.78, 5) is 31.3. The van der Waals surface area contributed by atoms with Gasteiger partial charge < -0.3 is 29.3 Å². The molecule has 0 unspecified atom stereocenters. The molecule has 0 saturated heterocycles. The Balaban J connectivity index is 1.48. The normalized spacial score (nSPS) is 11.2. The predicted molar refractivity (Wildman–Crippen MR) is 146 cm³/mol. The zero-order chi connectivity index (χ0) is 27.3.